The largest absolute Gasteiger partial charge is 0.507 e. The Labute approximate surface area is 357 Å². The molecule has 26 heteroatoms. The van der Waals surface area contributed by atoms with E-state index in [0.29, 0.717) is 0 Å². The van der Waals surface area contributed by atoms with Gasteiger partial charge in [-0.1, -0.05) is 18.2 Å². The van der Waals surface area contributed by atoms with Crippen molar-refractivity contribution in [2.75, 3.05) is 39.3 Å². The smallest absolute Gasteiger partial charge is 0.339 e. The van der Waals surface area contributed by atoms with Gasteiger partial charge in [0.1, 0.15) is 28.2 Å². The van der Waals surface area contributed by atoms with Crippen LogP contribution in [-0.2, 0) is 43.2 Å². The summed E-state index contributed by atoms with van der Waals surface area (Å²) in [7, 11) is 0. The van der Waals surface area contributed by atoms with Gasteiger partial charge in [-0.05, 0) is 58.7 Å². The number of nitrogens with zero attached hydrogens (tertiary/aromatic N) is 2. The lowest BCUT2D eigenvalue weighted by Gasteiger charge is -2.23. The molecule has 0 radical (unpaired) electrons. The van der Waals surface area contributed by atoms with E-state index in [0.717, 1.165) is 46.2 Å². The van der Waals surface area contributed by atoms with Crippen molar-refractivity contribution in [3.05, 3.63) is 88.0 Å². The first-order valence-corrected chi connectivity index (χ1v) is 17.3. The summed E-state index contributed by atoms with van der Waals surface area (Å²) in [5.41, 5.74) is -3.38. The van der Waals surface area contributed by atoms with E-state index < -0.39 is 138 Å². The number of phenols is 2. The van der Waals surface area contributed by atoms with E-state index in [2.05, 4.69) is 0 Å². The number of aliphatic hydroxyl groups is 1. The molecule has 26 nitrogen and oxygen atoms in total. The van der Waals surface area contributed by atoms with Gasteiger partial charge in [0, 0.05) is 13.1 Å². The monoisotopic (exact) mass is 906 g/mol. The Kier molecular flexibility index (Phi) is 20.1. The van der Waals surface area contributed by atoms with Gasteiger partial charge in [-0.15, -0.1) is 0 Å². The third kappa shape index (κ3) is 17.6. The summed E-state index contributed by atoms with van der Waals surface area (Å²) in [6.45, 7) is -2.25. The summed E-state index contributed by atoms with van der Waals surface area (Å²) in [6.07, 6.45) is 1.13. The molecule has 0 saturated carbocycles. The van der Waals surface area contributed by atoms with Crippen LogP contribution in [0.1, 0.15) is 44.7 Å². The molecule has 0 spiro atoms. The molecule has 0 saturated heterocycles. The topological polar surface area (TPSA) is 457 Å². The van der Waals surface area contributed by atoms with Crippen LogP contribution < -0.4 is 0 Å². The van der Waals surface area contributed by atoms with E-state index in [-0.39, 0.29) is 35.4 Å². The van der Waals surface area contributed by atoms with Crippen LogP contribution in [0.25, 0.3) is 5.57 Å². The molecule has 344 valence electrons. The van der Waals surface area contributed by atoms with Gasteiger partial charge < -0.3 is 66.4 Å². The molecule has 0 atom stereocenters. The number of carboxylic acid groups (broad SMARTS) is 10. The fraction of sp³-hybridized carbons (Fsp3) is 0.237. The Morgan fingerprint density at radius 1 is 0.500 bits per heavy atom. The van der Waals surface area contributed by atoms with Gasteiger partial charge in [-0.2, -0.15) is 0 Å². The summed E-state index contributed by atoms with van der Waals surface area (Å²) >= 11 is 0. The molecule has 13 N–H and O–H groups in total. The van der Waals surface area contributed by atoms with E-state index in [1.165, 1.54) is 18.2 Å². The first kappa shape index (κ1) is 53.5. The minimum absolute atomic E-state index is 0.0703. The zero-order valence-electron chi connectivity index (χ0n) is 32.6. The molecule has 0 unspecified atom stereocenters. The highest BCUT2D eigenvalue weighted by molar-refractivity contribution is 6.23. The summed E-state index contributed by atoms with van der Waals surface area (Å²) in [5.74, 6) is -16.0. The minimum Gasteiger partial charge on any atom is -0.507 e. The zero-order valence-corrected chi connectivity index (χ0v) is 32.6. The highest BCUT2D eigenvalue weighted by Gasteiger charge is 2.40. The van der Waals surface area contributed by atoms with Crippen LogP contribution in [0, 0.1) is 0 Å². The number of carbonyl (C=O) groups is 11. The van der Waals surface area contributed by atoms with Crippen molar-refractivity contribution in [3.8, 4) is 11.5 Å². The van der Waals surface area contributed by atoms with Crippen LogP contribution in [-0.4, -0.2) is 187 Å². The average molecular weight is 907 g/mol. The van der Waals surface area contributed by atoms with Gasteiger partial charge in [-0.25, -0.2) is 19.2 Å². The number of aromatic hydroxyl groups is 2. The van der Waals surface area contributed by atoms with Crippen LogP contribution in [0.15, 0.2) is 65.8 Å². The fourth-order valence-corrected chi connectivity index (χ4v) is 5.27. The lowest BCUT2D eigenvalue weighted by molar-refractivity contribution is -0.170. The normalized spacial score (nSPS) is 11.8. The van der Waals surface area contributed by atoms with E-state index in [1.54, 1.807) is 0 Å². The zero-order chi connectivity index (χ0) is 49.2. The van der Waals surface area contributed by atoms with Crippen molar-refractivity contribution in [1.82, 2.24) is 9.80 Å². The van der Waals surface area contributed by atoms with E-state index in [1.807, 2.05) is 0 Å². The maximum Gasteiger partial charge on any atom is 0.339 e. The second kappa shape index (κ2) is 24.1. The number of rotatable bonds is 21. The number of carbonyl (C=O) groups excluding carboxylic acids is 1. The minimum atomic E-state index is -2.74. The second-order valence-corrected chi connectivity index (χ2v) is 12.9. The van der Waals surface area contributed by atoms with Crippen molar-refractivity contribution in [3.63, 3.8) is 0 Å². The highest BCUT2D eigenvalue weighted by Crippen LogP contribution is 2.35. The van der Waals surface area contributed by atoms with E-state index >= 15 is 0 Å². The molecule has 3 rings (SSSR count). The molecular weight excluding hydrogens is 868 g/mol. The Hall–Kier alpha value is -8.49. The number of aromatic carboxylic acids is 2. The molecule has 0 amide bonds. The first-order chi connectivity index (χ1) is 29.6. The highest BCUT2D eigenvalue weighted by atomic mass is 16.4. The molecule has 0 aliphatic heterocycles. The molecular formula is C38H38N2O24. The predicted octanol–water partition coefficient (Wildman–Crippen LogP) is -0.874. The maximum atomic E-state index is 11.9. The number of hydrogen-bond acceptors (Lipinski definition) is 16. The maximum absolute atomic E-state index is 11.9. The van der Waals surface area contributed by atoms with Gasteiger partial charge in [-0.3, -0.25) is 43.4 Å². The number of aliphatic carboxylic acids is 8. The van der Waals surface area contributed by atoms with Gasteiger partial charge in [0.15, 0.2) is 11.4 Å². The van der Waals surface area contributed by atoms with Gasteiger partial charge >= 0.3 is 59.7 Å². The molecule has 64 heavy (non-hydrogen) atoms. The third-order valence-corrected chi connectivity index (χ3v) is 7.98. The average Bonchev–Trinajstić information content (AvgIpc) is 3.14. The molecule has 0 heterocycles. The fourth-order valence-electron chi connectivity index (χ4n) is 5.27. The van der Waals surface area contributed by atoms with Crippen molar-refractivity contribution in [1.29, 1.82) is 0 Å². The molecule has 2 aromatic rings. The molecule has 1 aliphatic rings. The predicted molar refractivity (Wildman–Crippen MR) is 207 cm³/mol. The number of carboxylic acids is 10. The molecule has 0 fully saturated rings. The SMILES string of the molecule is O=C(O)C1=CC(=C(c2ccc(O)c(C(=O)O)c2)c2ccc(O)c(C(=O)O)c2)C=CC1=O.O=C(O)CC(O)(CC(=O)O)C(=O)O.O=C(O)CN(CCN(CC(=O)O)CC(=O)O)CC(=O)O. The van der Waals surface area contributed by atoms with Crippen LogP contribution in [0.5, 0.6) is 11.5 Å². The first-order valence-electron chi connectivity index (χ1n) is 17.3. The van der Waals surface area contributed by atoms with Crippen LogP contribution in [0.4, 0.5) is 0 Å². The summed E-state index contributed by atoms with van der Waals surface area (Å²) in [6, 6.07) is 7.22. The molecule has 0 bridgehead atoms. The third-order valence-electron chi connectivity index (χ3n) is 7.98. The molecule has 0 aromatic heterocycles. The Bertz CT molecular complexity index is 2160. The number of allylic oxidation sites excluding steroid dienone is 4. The van der Waals surface area contributed by atoms with Crippen molar-refractivity contribution in [2.24, 2.45) is 0 Å². The van der Waals surface area contributed by atoms with E-state index in [4.69, 9.17) is 40.9 Å². The summed E-state index contributed by atoms with van der Waals surface area (Å²) in [5, 5.41) is 116. The van der Waals surface area contributed by atoms with E-state index in [9.17, 15) is 78.3 Å². The van der Waals surface area contributed by atoms with Gasteiger partial charge in [0.2, 0.25) is 0 Å². The molecule has 2 aromatic carbocycles. The van der Waals surface area contributed by atoms with Crippen molar-refractivity contribution < 1.29 is 119 Å². The van der Waals surface area contributed by atoms with Gasteiger partial charge in [0.05, 0.1) is 39.0 Å². The van der Waals surface area contributed by atoms with Crippen LogP contribution >= 0.6 is 0 Å². The van der Waals surface area contributed by atoms with Crippen molar-refractivity contribution in [2.45, 2.75) is 18.4 Å². The summed E-state index contributed by atoms with van der Waals surface area (Å²) < 4.78 is 0. The van der Waals surface area contributed by atoms with Gasteiger partial charge in [0.25, 0.3) is 0 Å². The Morgan fingerprint density at radius 2 is 0.859 bits per heavy atom. The van der Waals surface area contributed by atoms with Crippen molar-refractivity contribution >= 4 is 71.0 Å². The Balaban J connectivity index is 0.000000533. The van der Waals surface area contributed by atoms with Crippen LogP contribution in [0.2, 0.25) is 0 Å². The summed E-state index contributed by atoms with van der Waals surface area (Å²) in [4.78, 5) is 121. The standard InChI is InChI=1S/C22H14O9.C10H16N2O8.C6H8O7/c23-16-4-1-10(7-13(16)20(26)27)19(11-2-5-17(24)14(8-11)21(28)29)12-3-6-18(25)15(9-12)22(30)31;13-7(14)3-11(4-8(15)16)1-2-12(5-9(17)18)6-10(19)20;7-3(8)1-6(13,5(11)12)2-4(9)10/h1-9,23-24H,(H,26,27)(H,28,29)(H,30,31);1-6H2,(H,13,14)(H,15,16)(H,17,18)(H,19,20);13H,1-2H2,(H,7,8)(H,9,10)(H,11,12). The molecule has 1 aliphatic carbocycles. The number of benzene rings is 2. The Morgan fingerprint density at radius 3 is 1.14 bits per heavy atom. The second-order valence-electron chi connectivity index (χ2n) is 12.9. The number of ketones is 1. The number of hydrogen-bond donors (Lipinski definition) is 13. The lowest BCUT2D eigenvalue weighted by Crippen LogP contribution is -2.43. The quantitative estimate of drug-likeness (QED) is 0.0677. The lowest BCUT2D eigenvalue weighted by atomic mass is 9.87. The van der Waals surface area contributed by atoms with Crippen LogP contribution in [0.3, 0.4) is 0 Å².